The van der Waals surface area contributed by atoms with Crippen LogP contribution in [-0.4, -0.2) is 37.0 Å². The van der Waals surface area contributed by atoms with Crippen molar-refractivity contribution in [3.05, 3.63) is 48.6 Å². The Morgan fingerprint density at radius 1 is 0.471 bits per heavy atom. The molecule has 0 aliphatic carbocycles. The third kappa shape index (κ3) is 42.7. The molecule has 4 nitrogen and oxygen atoms in total. The Bertz CT molecular complexity index is 798. The molecular weight excluding hydrogens is 629 g/mol. The molecule has 0 aliphatic heterocycles. The number of rotatable bonds is 41. The number of ether oxygens (including phenoxy) is 2. The second-order valence-electron chi connectivity index (χ2n) is 14.8. The maximum Gasteiger partial charge on any atom is 0.306 e. The first-order valence-electron chi connectivity index (χ1n) is 22.2. The van der Waals surface area contributed by atoms with Gasteiger partial charge in [0.25, 0.3) is 0 Å². The minimum atomic E-state index is -0.542. The van der Waals surface area contributed by atoms with E-state index < -0.39 is 6.10 Å². The van der Waals surface area contributed by atoms with E-state index in [0.717, 1.165) is 32.1 Å². The highest BCUT2D eigenvalue weighted by molar-refractivity contribution is 5.69. The predicted octanol–water partition coefficient (Wildman–Crippen LogP) is 14.7. The van der Waals surface area contributed by atoms with Crippen LogP contribution >= 0.6 is 0 Å². The van der Waals surface area contributed by atoms with E-state index in [-0.39, 0.29) is 19.2 Å². The first-order chi connectivity index (χ1) is 25.2. The van der Waals surface area contributed by atoms with Gasteiger partial charge < -0.3 is 14.6 Å². The van der Waals surface area contributed by atoms with Crippen LogP contribution in [0.25, 0.3) is 0 Å². The lowest BCUT2D eigenvalue weighted by molar-refractivity contribution is -0.154. The number of carbonyl (C=O) groups excluding carboxylic acids is 1. The lowest BCUT2D eigenvalue weighted by Crippen LogP contribution is -2.27. The molecule has 0 aromatic heterocycles. The van der Waals surface area contributed by atoms with Crippen LogP contribution in [0.3, 0.4) is 0 Å². The van der Waals surface area contributed by atoms with Crippen molar-refractivity contribution in [1.29, 1.82) is 0 Å². The predicted molar refractivity (Wildman–Crippen MR) is 223 cm³/mol. The van der Waals surface area contributed by atoms with Gasteiger partial charge in [0.05, 0.1) is 13.2 Å². The molecule has 0 spiro atoms. The van der Waals surface area contributed by atoms with E-state index in [4.69, 9.17) is 9.47 Å². The molecule has 298 valence electrons. The van der Waals surface area contributed by atoms with Crippen molar-refractivity contribution in [2.75, 3.05) is 19.8 Å². The van der Waals surface area contributed by atoms with Gasteiger partial charge in [-0.1, -0.05) is 184 Å². The van der Waals surface area contributed by atoms with Crippen LogP contribution in [0.4, 0.5) is 0 Å². The number of hydrogen-bond acceptors (Lipinski definition) is 4. The van der Waals surface area contributed by atoms with E-state index in [1.165, 1.54) is 167 Å². The maximum atomic E-state index is 12.2. The fraction of sp³-hybridized carbons (Fsp3) is 0.809. The molecule has 0 bridgehead atoms. The summed E-state index contributed by atoms with van der Waals surface area (Å²) < 4.78 is 11.2. The van der Waals surface area contributed by atoms with Crippen LogP contribution in [0, 0.1) is 0 Å². The Morgan fingerprint density at radius 3 is 1.25 bits per heavy atom. The molecule has 0 amide bonds. The Morgan fingerprint density at radius 2 is 0.824 bits per heavy atom. The number of unbranched alkanes of at least 4 members (excludes halogenated alkanes) is 25. The van der Waals surface area contributed by atoms with Gasteiger partial charge in [-0.3, -0.25) is 4.79 Å². The normalized spacial score (nSPS) is 12.8. The second-order valence-corrected chi connectivity index (χ2v) is 14.8. The average Bonchev–Trinajstić information content (AvgIpc) is 3.14. The quantitative estimate of drug-likeness (QED) is 0.0389. The lowest BCUT2D eigenvalue weighted by atomic mass is 10.1. The number of allylic oxidation sites excluding steroid dienone is 8. The van der Waals surface area contributed by atoms with E-state index >= 15 is 0 Å². The van der Waals surface area contributed by atoms with Crippen molar-refractivity contribution >= 4 is 5.97 Å². The van der Waals surface area contributed by atoms with Crippen LogP contribution < -0.4 is 0 Å². The summed E-state index contributed by atoms with van der Waals surface area (Å²) in [7, 11) is 0. The third-order valence-electron chi connectivity index (χ3n) is 9.63. The minimum Gasteiger partial charge on any atom is -0.457 e. The van der Waals surface area contributed by atoms with Gasteiger partial charge in [-0.15, -0.1) is 0 Å². The summed E-state index contributed by atoms with van der Waals surface area (Å²) in [6, 6.07) is 0. The summed E-state index contributed by atoms with van der Waals surface area (Å²) in [5.74, 6) is -0.211. The van der Waals surface area contributed by atoms with Gasteiger partial charge in [0.15, 0.2) is 0 Å². The van der Waals surface area contributed by atoms with Gasteiger partial charge in [0.1, 0.15) is 6.10 Å². The molecule has 0 aromatic rings. The summed E-state index contributed by atoms with van der Waals surface area (Å²) in [5.41, 5.74) is 0. The van der Waals surface area contributed by atoms with Crippen LogP contribution in [-0.2, 0) is 14.3 Å². The molecule has 0 aromatic carbocycles. The SMILES string of the molecule is CCCCCCC/C=C\C/C=C\C/C=C\CCCCCCCCCCCOCC(CO)OC(=O)CCCCCCC/C=C\CCCCCCCC. The molecule has 0 rings (SSSR count). The Kier molecular flexibility index (Phi) is 43.1. The van der Waals surface area contributed by atoms with Crippen LogP contribution in [0.5, 0.6) is 0 Å². The van der Waals surface area contributed by atoms with Crippen molar-refractivity contribution in [3.63, 3.8) is 0 Å². The number of esters is 1. The van der Waals surface area contributed by atoms with Crippen molar-refractivity contribution in [3.8, 4) is 0 Å². The Balaban J connectivity index is 3.45. The van der Waals surface area contributed by atoms with Gasteiger partial charge >= 0.3 is 5.97 Å². The number of aliphatic hydroxyl groups excluding tert-OH is 1. The van der Waals surface area contributed by atoms with Crippen LogP contribution in [0.2, 0.25) is 0 Å². The first-order valence-corrected chi connectivity index (χ1v) is 22.2. The Labute approximate surface area is 318 Å². The molecule has 0 aliphatic rings. The lowest BCUT2D eigenvalue weighted by Gasteiger charge is -2.15. The standard InChI is InChI=1S/C47H86O4/c1-3-5-7-9-11-13-15-17-19-20-21-22-23-24-25-26-27-29-31-33-35-37-39-41-43-50-45-46(44-48)51-47(49)42-40-38-36-34-32-30-28-18-16-14-12-10-8-6-4-2/h15,17-18,20-21,23-24,28,46,48H,3-14,16,19,22,25-27,29-45H2,1-2H3/b17-15-,21-20-,24-23-,28-18-. The number of hydrogen-bond donors (Lipinski definition) is 1. The highest BCUT2D eigenvalue weighted by atomic mass is 16.6. The summed E-state index contributed by atoms with van der Waals surface area (Å²) in [6.07, 6.45) is 57.4. The molecule has 4 heteroatoms. The summed E-state index contributed by atoms with van der Waals surface area (Å²) in [5, 5.41) is 9.60. The average molecular weight is 715 g/mol. The number of carbonyl (C=O) groups is 1. The molecule has 1 unspecified atom stereocenters. The molecule has 0 fully saturated rings. The largest absolute Gasteiger partial charge is 0.457 e. The van der Waals surface area contributed by atoms with Crippen molar-refractivity contribution < 1.29 is 19.4 Å². The van der Waals surface area contributed by atoms with E-state index in [0.29, 0.717) is 13.0 Å². The fourth-order valence-corrected chi connectivity index (χ4v) is 6.27. The zero-order chi connectivity index (χ0) is 37.0. The van der Waals surface area contributed by atoms with Gasteiger partial charge in [-0.2, -0.15) is 0 Å². The first kappa shape index (κ1) is 49.4. The molecule has 0 radical (unpaired) electrons. The van der Waals surface area contributed by atoms with Crippen LogP contribution in [0.1, 0.15) is 219 Å². The van der Waals surface area contributed by atoms with Crippen molar-refractivity contribution in [2.45, 2.75) is 225 Å². The monoisotopic (exact) mass is 715 g/mol. The van der Waals surface area contributed by atoms with Gasteiger partial charge in [0, 0.05) is 13.0 Å². The summed E-state index contributed by atoms with van der Waals surface area (Å²) in [4.78, 5) is 12.2. The molecule has 0 saturated heterocycles. The Hall–Kier alpha value is -1.65. The van der Waals surface area contributed by atoms with Crippen molar-refractivity contribution in [2.24, 2.45) is 0 Å². The second kappa shape index (κ2) is 44.5. The highest BCUT2D eigenvalue weighted by Crippen LogP contribution is 2.13. The molecule has 1 N–H and O–H groups in total. The molecule has 51 heavy (non-hydrogen) atoms. The highest BCUT2D eigenvalue weighted by Gasteiger charge is 2.13. The molecule has 0 heterocycles. The number of aliphatic hydroxyl groups is 1. The van der Waals surface area contributed by atoms with Crippen LogP contribution in [0.15, 0.2) is 48.6 Å². The molecule has 1 atom stereocenters. The van der Waals surface area contributed by atoms with E-state index in [9.17, 15) is 9.90 Å². The zero-order valence-corrected chi connectivity index (χ0v) is 34.1. The third-order valence-corrected chi connectivity index (χ3v) is 9.63. The topological polar surface area (TPSA) is 55.8 Å². The summed E-state index contributed by atoms with van der Waals surface area (Å²) >= 11 is 0. The summed E-state index contributed by atoms with van der Waals surface area (Å²) in [6.45, 7) is 5.32. The maximum absolute atomic E-state index is 12.2. The molecule has 0 saturated carbocycles. The van der Waals surface area contributed by atoms with Crippen molar-refractivity contribution in [1.82, 2.24) is 0 Å². The zero-order valence-electron chi connectivity index (χ0n) is 34.1. The van der Waals surface area contributed by atoms with Gasteiger partial charge in [-0.05, 0) is 77.0 Å². The van der Waals surface area contributed by atoms with Gasteiger partial charge in [-0.25, -0.2) is 0 Å². The van der Waals surface area contributed by atoms with E-state index in [1.54, 1.807) is 0 Å². The fourth-order valence-electron chi connectivity index (χ4n) is 6.27. The minimum absolute atomic E-state index is 0.177. The van der Waals surface area contributed by atoms with E-state index in [1.807, 2.05) is 0 Å². The van der Waals surface area contributed by atoms with E-state index in [2.05, 4.69) is 62.5 Å². The molecular formula is C47H86O4. The smallest absolute Gasteiger partial charge is 0.306 e. The van der Waals surface area contributed by atoms with Gasteiger partial charge in [0.2, 0.25) is 0 Å².